The molecule has 6 nitrogen and oxygen atoms in total. The third kappa shape index (κ3) is 3.95. The predicted octanol–water partition coefficient (Wildman–Crippen LogP) is 2.27. The summed E-state index contributed by atoms with van der Waals surface area (Å²) in [5.41, 5.74) is 2.53. The Morgan fingerprint density at radius 3 is 2.58 bits per heavy atom. The Bertz CT molecular complexity index is 528. The van der Waals surface area contributed by atoms with Crippen LogP contribution in [-0.2, 0) is 11.3 Å². The number of carbonyl (C=O) groups is 1. The highest BCUT2D eigenvalue weighted by atomic mass is 16.5. The lowest BCUT2D eigenvalue weighted by atomic mass is 10.2. The molecular formula is C13H14N4O2. The summed E-state index contributed by atoms with van der Waals surface area (Å²) in [6.45, 7) is 0.617. The number of nitrogens with zero attached hydrogens (tertiary/aromatic N) is 2. The maximum absolute atomic E-state index is 11.0. The zero-order valence-corrected chi connectivity index (χ0v) is 10.5. The Kier molecular flexibility index (Phi) is 4.28. The molecule has 0 spiro atoms. The number of methoxy groups -OCH3 is 1. The summed E-state index contributed by atoms with van der Waals surface area (Å²) in [4.78, 5) is 19.0. The summed E-state index contributed by atoms with van der Waals surface area (Å²) < 4.78 is 4.51. The topological polar surface area (TPSA) is 76.1 Å². The van der Waals surface area contributed by atoms with Crippen LogP contribution in [0.2, 0.25) is 0 Å². The lowest BCUT2D eigenvalue weighted by Gasteiger charge is -2.07. The van der Waals surface area contributed by atoms with Gasteiger partial charge in [0.15, 0.2) is 0 Å². The number of hydrogen-bond acceptors (Lipinski definition) is 5. The minimum Gasteiger partial charge on any atom is -0.453 e. The van der Waals surface area contributed by atoms with Gasteiger partial charge in [-0.05, 0) is 30.3 Å². The molecule has 0 aliphatic heterocycles. The van der Waals surface area contributed by atoms with Crippen LogP contribution >= 0.6 is 0 Å². The second kappa shape index (κ2) is 6.34. The van der Waals surface area contributed by atoms with E-state index < -0.39 is 6.09 Å². The summed E-state index contributed by atoms with van der Waals surface area (Å²) in [5, 5.41) is 5.80. The second-order valence-corrected chi connectivity index (χ2v) is 3.75. The third-order valence-electron chi connectivity index (χ3n) is 2.43. The number of ether oxygens (including phenoxy) is 1. The molecule has 98 valence electrons. The number of benzene rings is 1. The Morgan fingerprint density at radius 1 is 1.21 bits per heavy atom. The SMILES string of the molecule is COC(=O)Nc1ccc(NCc2ccncn2)cc1. The lowest BCUT2D eigenvalue weighted by Crippen LogP contribution is -2.10. The van der Waals surface area contributed by atoms with Crippen molar-refractivity contribution in [3.05, 3.63) is 48.5 Å². The summed E-state index contributed by atoms with van der Waals surface area (Å²) >= 11 is 0. The van der Waals surface area contributed by atoms with Gasteiger partial charge in [-0.2, -0.15) is 0 Å². The molecule has 2 N–H and O–H groups in total. The first-order valence-corrected chi connectivity index (χ1v) is 5.72. The van der Waals surface area contributed by atoms with Crippen LogP contribution in [0.1, 0.15) is 5.69 Å². The number of aromatic nitrogens is 2. The quantitative estimate of drug-likeness (QED) is 0.879. The molecule has 1 amide bonds. The highest BCUT2D eigenvalue weighted by Crippen LogP contribution is 2.14. The molecular weight excluding hydrogens is 244 g/mol. The van der Waals surface area contributed by atoms with Gasteiger partial charge in [0, 0.05) is 17.6 Å². The van der Waals surface area contributed by atoms with Crippen LogP contribution in [0.4, 0.5) is 16.2 Å². The van der Waals surface area contributed by atoms with Gasteiger partial charge in [0.1, 0.15) is 6.33 Å². The van der Waals surface area contributed by atoms with Crippen LogP contribution in [0.15, 0.2) is 42.9 Å². The minimum atomic E-state index is -0.485. The third-order valence-corrected chi connectivity index (χ3v) is 2.43. The van der Waals surface area contributed by atoms with E-state index in [2.05, 4.69) is 25.3 Å². The number of rotatable bonds is 4. The molecule has 0 atom stereocenters. The molecule has 0 saturated carbocycles. The van der Waals surface area contributed by atoms with E-state index in [1.54, 1.807) is 18.3 Å². The summed E-state index contributed by atoms with van der Waals surface area (Å²) in [5.74, 6) is 0. The van der Waals surface area contributed by atoms with Crippen molar-refractivity contribution < 1.29 is 9.53 Å². The van der Waals surface area contributed by atoms with E-state index in [-0.39, 0.29) is 0 Å². The van der Waals surface area contributed by atoms with E-state index in [9.17, 15) is 4.79 Å². The monoisotopic (exact) mass is 258 g/mol. The van der Waals surface area contributed by atoms with Crippen LogP contribution < -0.4 is 10.6 Å². The van der Waals surface area contributed by atoms with Crippen molar-refractivity contribution in [3.8, 4) is 0 Å². The molecule has 1 heterocycles. The van der Waals surface area contributed by atoms with Gasteiger partial charge < -0.3 is 10.1 Å². The molecule has 0 bridgehead atoms. The van der Waals surface area contributed by atoms with Crippen LogP contribution in [0.3, 0.4) is 0 Å². The first-order valence-electron chi connectivity index (χ1n) is 5.72. The first-order chi connectivity index (χ1) is 9.28. The molecule has 0 fully saturated rings. The van der Waals surface area contributed by atoms with Gasteiger partial charge in [-0.3, -0.25) is 5.32 Å². The van der Waals surface area contributed by atoms with Gasteiger partial charge in [0.2, 0.25) is 0 Å². The summed E-state index contributed by atoms with van der Waals surface area (Å²) in [6.07, 6.45) is 2.73. The number of carbonyl (C=O) groups excluding carboxylic acids is 1. The molecule has 19 heavy (non-hydrogen) atoms. The van der Waals surface area contributed by atoms with E-state index in [0.717, 1.165) is 11.4 Å². The van der Waals surface area contributed by atoms with Gasteiger partial charge >= 0.3 is 6.09 Å². The zero-order valence-electron chi connectivity index (χ0n) is 10.5. The second-order valence-electron chi connectivity index (χ2n) is 3.75. The molecule has 0 radical (unpaired) electrons. The Morgan fingerprint density at radius 2 is 1.95 bits per heavy atom. The number of hydrogen-bond donors (Lipinski definition) is 2. The Balaban J connectivity index is 1.90. The first kappa shape index (κ1) is 12.8. The largest absolute Gasteiger partial charge is 0.453 e. The van der Waals surface area contributed by atoms with E-state index in [4.69, 9.17) is 0 Å². The highest BCUT2D eigenvalue weighted by molar-refractivity contribution is 5.84. The molecule has 0 aliphatic rings. The molecule has 2 aromatic rings. The molecule has 2 rings (SSSR count). The lowest BCUT2D eigenvalue weighted by molar-refractivity contribution is 0.187. The van der Waals surface area contributed by atoms with Gasteiger partial charge in [0.05, 0.1) is 19.3 Å². The Hall–Kier alpha value is -2.63. The van der Waals surface area contributed by atoms with Crippen LogP contribution in [0.25, 0.3) is 0 Å². The van der Waals surface area contributed by atoms with E-state index >= 15 is 0 Å². The number of anilines is 2. The average molecular weight is 258 g/mol. The summed E-state index contributed by atoms with van der Waals surface area (Å²) in [6, 6.07) is 9.16. The standard InChI is InChI=1S/C13H14N4O2/c1-19-13(18)17-11-4-2-10(3-5-11)15-8-12-6-7-14-9-16-12/h2-7,9,15H,8H2,1H3,(H,17,18). The van der Waals surface area contributed by atoms with Gasteiger partial charge in [-0.1, -0.05) is 0 Å². The van der Waals surface area contributed by atoms with Crippen molar-refractivity contribution >= 4 is 17.5 Å². The maximum Gasteiger partial charge on any atom is 0.411 e. The highest BCUT2D eigenvalue weighted by Gasteiger charge is 2.00. The van der Waals surface area contributed by atoms with Gasteiger partial charge in [-0.15, -0.1) is 0 Å². The van der Waals surface area contributed by atoms with Crippen molar-refractivity contribution in [3.63, 3.8) is 0 Å². The fourth-order valence-corrected chi connectivity index (χ4v) is 1.46. The molecule has 0 saturated heterocycles. The molecule has 6 heteroatoms. The van der Waals surface area contributed by atoms with Crippen LogP contribution in [0.5, 0.6) is 0 Å². The van der Waals surface area contributed by atoms with E-state index in [0.29, 0.717) is 12.2 Å². The van der Waals surface area contributed by atoms with Crippen molar-refractivity contribution in [2.45, 2.75) is 6.54 Å². The molecule has 0 unspecified atom stereocenters. The maximum atomic E-state index is 11.0. The van der Waals surface area contributed by atoms with Gasteiger partial charge in [-0.25, -0.2) is 14.8 Å². The van der Waals surface area contributed by atoms with Crippen molar-refractivity contribution in [2.24, 2.45) is 0 Å². The zero-order chi connectivity index (χ0) is 13.5. The fourth-order valence-electron chi connectivity index (χ4n) is 1.46. The number of nitrogens with one attached hydrogen (secondary N) is 2. The predicted molar refractivity (Wildman–Crippen MR) is 71.8 cm³/mol. The normalized spacial score (nSPS) is 9.74. The van der Waals surface area contributed by atoms with Crippen molar-refractivity contribution in [1.29, 1.82) is 0 Å². The minimum absolute atomic E-state index is 0.485. The van der Waals surface area contributed by atoms with E-state index in [1.165, 1.54) is 13.4 Å². The van der Waals surface area contributed by atoms with Crippen LogP contribution in [-0.4, -0.2) is 23.2 Å². The van der Waals surface area contributed by atoms with Crippen LogP contribution in [0, 0.1) is 0 Å². The summed E-state index contributed by atoms with van der Waals surface area (Å²) in [7, 11) is 1.33. The smallest absolute Gasteiger partial charge is 0.411 e. The van der Waals surface area contributed by atoms with E-state index in [1.807, 2.05) is 18.2 Å². The molecule has 1 aromatic heterocycles. The molecule has 1 aromatic carbocycles. The Labute approximate surface area is 110 Å². The number of amides is 1. The fraction of sp³-hybridized carbons (Fsp3) is 0.154. The van der Waals surface area contributed by atoms with Crippen molar-refractivity contribution in [2.75, 3.05) is 17.7 Å². The average Bonchev–Trinajstić information content (AvgIpc) is 2.47. The van der Waals surface area contributed by atoms with Gasteiger partial charge in [0.25, 0.3) is 0 Å². The molecule has 0 aliphatic carbocycles. The van der Waals surface area contributed by atoms with Crippen molar-refractivity contribution in [1.82, 2.24) is 9.97 Å².